The number of phenols is 1. The summed E-state index contributed by atoms with van der Waals surface area (Å²) in [6.07, 6.45) is 1.14. The summed E-state index contributed by atoms with van der Waals surface area (Å²) in [5, 5.41) is 9.31. The van der Waals surface area contributed by atoms with Gasteiger partial charge in [0.05, 0.1) is 0 Å². The molecule has 2 unspecified atom stereocenters. The molecule has 0 spiro atoms. The van der Waals surface area contributed by atoms with Gasteiger partial charge in [-0.15, -0.1) is 0 Å². The predicted molar refractivity (Wildman–Crippen MR) is 69.8 cm³/mol. The summed E-state index contributed by atoms with van der Waals surface area (Å²) in [6, 6.07) is 7.66. The summed E-state index contributed by atoms with van der Waals surface area (Å²) in [4.78, 5) is 0. The maximum atomic E-state index is 9.31. The highest BCUT2D eigenvalue weighted by molar-refractivity contribution is 5.28. The molecule has 90 valence electrons. The average molecular weight is 220 g/mol. The minimum atomic E-state index is 0.318. The molecule has 0 bridgehead atoms. The molecule has 1 rings (SSSR count). The van der Waals surface area contributed by atoms with E-state index in [0.29, 0.717) is 23.0 Å². The Morgan fingerprint density at radius 2 is 1.62 bits per heavy atom. The van der Waals surface area contributed by atoms with Crippen LogP contribution in [-0.2, 0) is 0 Å². The smallest absolute Gasteiger partial charge is 0.115 e. The van der Waals surface area contributed by atoms with Crippen molar-refractivity contribution in [3.05, 3.63) is 29.8 Å². The van der Waals surface area contributed by atoms with Crippen LogP contribution in [0.2, 0.25) is 0 Å². The molecule has 1 heteroatoms. The first kappa shape index (κ1) is 13.1. The Balaban J connectivity index is 2.94. The fourth-order valence-corrected chi connectivity index (χ4v) is 2.20. The average Bonchev–Trinajstić information content (AvgIpc) is 2.20. The highest BCUT2D eigenvalue weighted by atomic mass is 16.3. The van der Waals surface area contributed by atoms with Crippen molar-refractivity contribution in [1.29, 1.82) is 0 Å². The van der Waals surface area contributed by atoms with Gasteiger partial charge in [0.25, 0.3) is 0 Å². The molecule has 0 aromatic heterocycles. The Labute approximate surface area is 99.5 Å². The zero-order valence-corrected chi connectivity index (χ0v) is 11.1. The third-order valence-corrected chi connectivity index (χ3v) is 3.73. The van der Waals surface area contributed by atoms with Gasteiger partial charge in [0, 0.05) is 0 Å². The topological polar surface area (TPSA) is 20.2 Å². The van der Waals surface area contributed by atoms with Crippen molar-refractivity contribution < 1.29 is 5.11 Å². The first-order valence-corrected chi connectivity index (χ1v) is 6.15. The second kappa shape index (κ2) is 4.90. The lowest BCUT2D eigenvalue weighted by atomic mass is 9.71. The van der Waals surface area contributed by atoms with Crippen molar-refractivity contribution in [1.82, 2.24) is 0 Å². The summed E-state index contributed by atoms with van der Waals surface area (Å²) in [5.41, 5.74) is 1.65. The number of hydrogen-bond acceptors (Lipinski definition) is 1. The van der Waals surface area contributed by atoms with E-state index in [0.717, 1.165) is 6.42 Å². The van der Waals surface area contributed by atoms with Gasteiger partial charge < -0.3 is 5.11 Å². The van der Waals surface area contributed by atoms with E-state index in [4.69, 9.17) is 0 Å². The summed E-state index contributed by atoms with van der Waals surface area (Å²) < 4.78 is 0. The van der Waals surface area contributed by atoms with Gasteiger partial charge in [-0.05, 0) is 41.4 Å². The van der Waals surface area contributed by atoms with Gasteiger partial charge in [0.2, 0.25) is 0 Å². The predicted octanol–water partition coefficient (Wildman–Crippen LogP) is 4.57. The van der Waals surface area contributed by atoms with Gasteiger partial charge in [-0.1, -0.05) is 46.8 Å². The molecule has 1 N–H and O–H groups in total. The van der Waals surface area contributed by atoms with Crippen LogP contribution in [0.4, 0.5) is 0 Å². The molecule has 0 heterocycles. The van der Waals surface area contributed by atoms with E-state index in [1.165, 1.54) is 5.56 Å². The van der Waals surface area contributed by atoms with E-state index in [1.807, 2.05) is 12.1 Å². The maximum Gasteiger partial charge on any atom is 0.115 e. The van der Waals surface area contributed by atoms with E-state index in [-0.39, 0.29) is 0 Å². The van der Waals surface area contributed by atoms with E-state index in [2.05, 4.69) is 34.6 Å². The minimum absolute atomic E-state index is 0.318. The van der Waals surface area contributed by atoms with E-state index in [1.54, 1.807) is 12.1 Å². The van der Waals surface area contributed by atoms with E-state index in [9.17, 15) is 5.11 Å². The van der Waals surface area contributed by atoms with Crippen molar-refractivity contribution in [2.24, 2.45) is 11.3 Å². The Kier molecular flexibility index (Phi) is 4.01. The Morgan fingerprint density at radius 1 is 1.12 bits per heavy atom. The van der Waals surface area contributed by atoms with E-state index < -0.39 is 0 Å². The molecular formula is C15H24O. The lowest BCUT2D eigenvalue weighted by molar-refractivity contribution is 0.216. The van der Waals surface area contributed by atoms with Crippen LogP contribution in [0.3, 0.4) is 0 Å². The van der Waals surface area contributed by atoms with Crippen LogP contribution in [0.5, 0.6) is 5.75 Å². The van der Waals surface area contributed by atoms with Gasteiger partial charge in [0.1, 0.15) is 5.75 Å². The largest absolute Gasteiger partial charge is 0.508 e. The van der Waals surface area contributed by atoms with Crippen molar-refractivity contribution in [3.8, 4) is 5.75 Å². The molecule has 0 radical (unpaired) electrons. The fourth-order valence-electron chi connectivity index (χ4n) is 2.20. The second-order valence-corrected chi connectivity index (χ2v) is 5.76. The Hall–Kier alpha value is -0.980. The van der Waals surface area contributed by atoms with Crippen LogP contribution in [0, 0.1) is 11.3 Å². The van der Waals surface area contributed by atoms with E-state index >= 15 is 0 Å². The molecular weight excluding hydrogens is 196 g/mol. The lowest BCUT2D eigenvalue weighted by Gasteiger charge is -2.34. The second-order valence-electron chi connectivity index (χ2n) is 5.76. The monoisotopic (exact) mass is 220 g/mol. The van der Waals surface area contributed by atoms with Crippen LogP contribution < -0.4 is 0 Å². The SMILES string of the molecule is CCC(c1ccc(O)cc1)C(C)C(C)(C)C. The third kappa shape index (κ3) is 3.01. The highest BCUT2D eigenvalue weighted by Crippen LogP contribution is 2.39. The molecule has 1 nitrogen and oxygen atoms in total. The number of benzene rings is 1. The van der Waals surface area contributed by atoms with Gasteiger partial charge in [-0.25, -0.2) is 0 Å². The molecule has 0 aliphatic carbocycles. The Morgan fingerprint density at radius 3 is 2.00 bits per heavy atom. The minimum Gasteiger partial charge on any atom is -0.508 e. The summed E-state index contributed by atoms with van der Waals surface area (Å²) >= 11 is 0. The summed E-state index contributed by atoms with van der Waals surface area (Å²) in [5.74, 6) is 1.55. The van der Waals surface area contributed by atoms with Crippen molar-refractivity contribution in [3.63, 3.8) is 0 Å². The molecule has 0 amide bonds. The van der Waals surface area contributed by atoms with Crippen molar-refractivity contribution in [2.45, 2.75) is 47.0 Å². The molecule has 0 aliphatic rings. The molecule has 2 atom stereocenters. The first-order chi connectivity index (χ1) is 7.36. The van der Waals surface area contributed by atoms with Crippen LogP contribution in [0.1, 0.15) is 52.5 Å². The van der Waals surface area contributed by atoms with Gasteiger partial charge in [0.15, 0.2) is 0 Å². The molecule has 1 aromatic carbocycles. The lowest BCUT2D eigenvalue weighted by Crippen LogP contribution is -2.24. The fraction of sp³-hybridized carbons (Fsp3) is 0.600. The molecule has 0 saturated heterocycles. The van der Waals surface area contributed by atoms with Crippen molar-refractivity contribution >= 4 is 0 Å². The maximum absolute atomic E-state index is 9.31. The first-order valence-electron chi connectivity index (χ1n) is 6.15. The molecule has 0 fully saturated rings. The zero-order chi connectivity index (χ0) is 12.3. The molecule has 1 aromatic rings. The quantitative estimate of drug-likeness (QED) is 0.791. The zero-order valence-electron chi connectivity index (χ0n) is 11.1. The normalized spacial score (nSPS) is 15.8. The number of phenolic OH excluding ortho intramolecular Hbond substituents is 1. The van der Waals surface area contributed by atoms with Gasteiger partial charge in [-0.3, -0.25) is 0 Å². The molecule has 16 heavy (non-hydrogen) atoms. The highest BCUT2D eigenvalue weighted by Gasteiger charge is 2.28. The van der Waals surface area contributed by atoms with Crippen LogP contribution in [0.25, 0.3) is 0 Å². The number of rotatable bonds is 3. The summed E-state index contributed by atoms with van der Waals surface area (Å²) in [6.45, 7) is 11.4. The van der Waals surface area contributed by atoms with Gasteiger partial charge >= 0.3 is 0 Å². The van der Waals surface area contributed by atoms with Crippen LogP contribution in [0.15, 0.2) is 24.3 Å². The summed E-state index contributed by atoms with van der Waals surface area (Å²) in [7, 11) is 0. The van der Waals surface area contributed by atoms with Crippen LogP contribution >= 0.6 is 0 Å². The standard InChI is InChI=1S/C15H24O/c1-6-14(11(2)15(3,4)5)12-7-9-13(16)10-8-12/h7-11,14,16H,6H2,1-5H3. The van der Waals surface area contributed by atoms with Crippen molar-refractivity contribution in [2.75, 3.05) is 0 Å². The van der Waals surface area contributed by atoms with Gasteiger partial charge in [-0.2, -0.15) is 0 Å². The van der Waals surface area contributed by atoms with Crippen LogP contribution in [-0.4, -0.2) is 5.11 Å². The molecule has 0 aliphatic heterocycles. The molecule has 0 saturated carbocycles. The third-order valence-electron chi connectivity index (χ3n) is 3.73. The number of hydrogen-bond donors (Lipinski definition) is 1. The Bertz CT molecular complexity index is 318. The number of aromatic hydroxyl groups is 1.